The minimum absolute atomic E-state index is 0.143. The molecule has 9 nitrogen and oxygen atoms in total. The topological polar surface area (TPSA) is 114 Å². The van der Waals surface area contributed by atoms with E-state index >= 15 is 0 Å². The number of thiophene rings is 1. The van der Waals surface area contributed by atoms with Gasteiger partial charge in [-0.15, -0.1) is 16.9 Å². The van der Waals surface area contributed by atoms with Gasteiger partial charge in [-0.3, -0.25) is 19.2 Å². The molecule has 166 valence electrons. The number of carbonyl (C=O) groups is 1. The number of nitrogens with two attached hydrogens (primary N) is 1. The van der Waals surface area contributed by atoms with E-state index in [0.717, 1.165) is 5.70 Å². The largest absolute Gasteiger partial charge is 0.490 e. The summed E-state index contributed by atoms with van der Waals surface area (Å²) < 4.78 is 7.93. The Labute approximate surface area is 193 Å². The second-order valence-corrected chi connectivity index (χ2v) is 8.46. The standard InChI is InChI=1S/C21H21ClN6O3S/c22-19-7-6-18(32-19)21(30)24-12-14-13-28(26-25-14)16-5-4-15(11-17(16)31-10-8-23)27-9-2-1-3-20(27)29/h1-7,9,11,13,25-26H,8,10,12,23H2,(H,24,30). The lowest BCUT2D eigenvalue weighted by molar-refractivity contribution is 0.0960. The molecular weight excluding hydrogens is 452 g/mol. The van der Waals surface area contributed by atoms with Crippen molar-refractivity contribution in [2.45, 2.75) is 0 Å². The van der Waals surface area contributed by atoms with Crippen LogP contribution in [0.25, 0.3) is 5.69 Å². The van der Waals surface area contributed by atoms with Crippen molar-refractivity contribution in [2.75, 3.05) is 24.7 Å². The fraction of sp³-hybridized carbons (Fsp3) is 0.143. The van der Waals surface area contributed by atoms with Gasteiger partial charge in [0.2, 0.25) is 0 Å². The molecule has 3 heterocycles. The lowest BCUT2D eigenvalue weighted by Crippen LogP contribution is -2.38. The van der Waals surface area contributed by atoms with Crippen LogP contribution in [-0.2, 0) is 0 Å². The van der Waals surface area contributed by atoms with E-state index in [-0.39, 0.29) is 18.0 Å². The average molecular weight is 473 g/mol. The van der Waals surface area contributed by atoms with Crippen LogP contribution in [0.2, 0.25) is 4.34 Å². The second-order valence-electron chi connectivity index (χ2n) is 6.75. The van der Waals surface area contributed by atoms with E-state index in [1.807, 2.05) is 12.1 Å². The number of anilines is 1. The lowest BCUT2D eigenvalue weighted by atomic mass is 10.2. The Kier molecular flexibility index (Phi) is 6.76. The van der Waals surface area contributed by atoms with E-state index in [0.29, 0.717) is 39.5 Å². The molecule has 3 aromatic rings. The van der Waals surface area contributed by atoms with Gasteiger partial charge in [0.05, 0.1) is 27.1 Å². The molecule has 0 radical (unpaired) electrons. The lowest BCUT2D eigenvalue weighted by Gasteiger charge is -2.20. The van der Waals surface area contributed by atoms with Crippen LogP contribution >= 0.6 is 22.9 Å². The summed E-state index contributed by atoms with van der Waals surface area (Å²) >= 11 is 7.11. The fourth-order valence-electron chi connectivity index (χ4n) is 3.05. The summed E-state index contributed by atoms with van der Waals surface area (Å²) in [7, 11) is 0. The first-order valence-electron chi connectivity index (χ1n) is 9.75. The Morgan fingerprint density at radius 2 is 2.09 bits per heavy atom. The Hall–Kier alpha value is -3.31. The summed E-state index contributed by atoms with van der Waals surface area (Å²) in [6.45, 7) is 0.951. The SMILES string of the molecule is NCCOc1cc(-n2ccccc2=O)ccc1N1C=C(CNC(=O)c2ccc(Cl)s2)NN1. The van der Waals surface area contributed by atoms with Crippen molar-refractivity contribution >= 4 is 34.5 Å². The van der Waals surface area contributed by atoms with Crippen molar-refractivity contribution in [3.05, 3.63) is 86.2 Å². The Morgan fingerprint density at radius 3 is 2.84 bits per heavy atom. The molecule has 0 fully saturated rings. The van der Waals surface area contributed by atoms with Crippen LogP contribution in [0.15, 0.2) is 71.4 Å². The predicted molar refractivity (Wildman–Crippen MR) is 125 cm³/mol. The number of hydrogen-bond acceptors (Lipinski definition) is 8. The third-order valence-corrected chi connectivity index (χ3v) is 5.77. The molecule has 1 aromatic carbocycles. The van der Waals surface area contributed by atoms with E-state index in [2.05, 4.69) is 16.3 Å². The van der Waals surface area contributed by atoms with Crippen LogP contribution in [0, 0.1) is 0 Å². The van der Waals surface area contributed by atoms with Crippen LogP contribution < -0.4 is 37.3 Å². The number of amides is 1. The zero-order chi connectivity index (χ0) is 22.5. The summed E-state index contributed by atoms with van der Waals surface area (Å²) in [5.41, 5.74) is 13.6. The maximum absolute atomic E-state index is 12.2. The number of rotatable bonds is 8. The van der Waals surface area contributed by atoms with Crippen molar-refractivity contribution < 1.29 is 9.53 Å². The van der Waals surface area contributed by atoms with Crippen molar-refractivity contribution in [1.82, 2.24) is 20.8 Å². The Morgan fingerprint density at radius 1 is 1.22 bits per heavy atom. The van der Waals surface area contributed by atoms with Gasteiger partial charge in [-0.05, 0) is 30.3 Å². The number of pyridine rings is 1. The van der Waals surface area contributed by atoms with Gasteiger partial charge in [0.25, 0.3) is 11.5 Å². The van der Waals surface area contributed by atoms with E-state index < -0.39 is 0 Å². The van der Waals surface area contributed by atoms with E-state index in [1.165, 1.54) is 22.0 Å². The van der Waals surface area contributed by atoms with Gasteiger partial charge < -0.3 is 21.2 Å². The van der Waals surface area contributed by atoms with Crippen molar-refractivity contribution in [1.29, 1.82) is 0 Å². The van der Waals surface area contributed by atoms with Gasteiger partial charge in [-0.25, -0.2) is 0 Å². The van der Waals surface area contributed by atoms with Gasteiger partial charge >= 0.3 is 0 Å². The monoisotopic (exact) mass is 472 g/mol. The maximum atomic E-state index is 12.2. The van der Waals surface area contributed by atoms with Crippen molar-refractivity contribution in [2.24, 2.45) is 5.73 Å². The second kappa shape index (κ2) is 9.88. The number of aromatic nitrogens is 1. The summed E-state index contributed by atoms with van der Waals surface area (Å²) in [5, 5.41) is 4.57. The Bertz CT molecular complexity index is 1210. The molecule has 11 heteroatoms. The number of nitrogens with one attached hydrogen (secondary N) is 3. The van der Waals surface area contributed by atoms with Crippen LogP contribution in [0.5, 0.6) is 5.75 Å². The molecule has 0 saturated heterocycles. The molecule has 5 N–H and O–H groups in total. The minimum atomic E-state index is -0.201. The molecule has 0 saturated carbocycles. The van der Waals surface area contributed by atoms with Crippen LogP contribution in [0.4, 0.5) is 5.69 Å². The number of halogens is 1. The molecule has 2 aromatic heterocycles. The Balaban J connectivity index is 1.52. The molecule has 32 heavy (non-hydrogen) atoms. The van der Waals surface area contributed by atoms with Crippen LogP contribution in [0.1, 0.15) is 9.67 Å². The highest BCUT2D eigenvalue weighted by molar-refractivity contribution is 7.18. The molecule has 0 spiro atoms. The smallest absolute Gasteiger partial charge is 0.261 e. The number of ether oxygens (including phenoxy) is 1. The highest BCUT2D eigenvalue weighted by Gasteiger charge is 2.19. The molecule has 4 rings (SSSR count). The van der Waals surface area contributed by atoms with E-state index in [9.17, 15) is 9.59 Å². The van der Waals surface area contributed by atoms with Crippen LogP contribution in [0.3, 0.4) is 0 Å². The predicted octanol–water partition coefficient (Wildman–Crippen LogP) is 1.99. The summed E-state index contributed by atoms with van der Waals surface area (Å²) in [5.74, 6) is 0.348. The molecule has 0 unspecified atom stereocenters. The van der Waals surface area contributed by atoms with Gasteiger partial charge in [-0.1, -0.05) is 17.7 Å². The number of hydrogen-bond donors (Lipinski definition) is 4. The first kappa shape index (κ1) is 21.9. The zero-order valence-corrected chi connectivity index (χ0v) is 18.4. The quantitative estimate of drug-likeness (QED) is 0.396. The highest BCUT2D eigenvalue weighted by Crippen LogP contribution is 2.31. The third-order valence-electron chi connectivity index (χ3n) is 4.54. The van der Waals surface area contributed by atoms with E-state index in [1.54, 1.807) is 47.7 Å². The minimum Gasteiger partial charge on any atom is -0.490 e. The highest BCUT2D eigenvalue weighted by atomic mass is 35.5. The number of benzene rings is 1. The van der Waals surface area contributed by atoms with Crippen molar-refractivity contribution in [3.8, 4) is 11.4 Å². The van der Waals surface area contributed by atoms with Gasteiger partial charge in [0.15, 0.2) is 0 Å². The number of carbonyl (C=O) groups excluding carboxylic acids is 1. The van der Waals surface area contributed by atoms with Crippen molar-refractivity contribution in [3.63, 3.8) is 0 Å². The third kappa shape index (κ3) is 4.94. The fourth-order valence-corrected chi connectivity index (χ4v) is 4.01. The molecule has 0 aliphatic carbocycles. The van der Waals surface area contributed by atoms with Gasteiger partial charge in [0.1, 0.15) is 18.0 Å². The number of hydrazine groups is 2. The summed E-state index contributed by atoms with van der Waals surface area (Å²) in [6.07, 6.45) is 3.50. The molecule has 0 bridgehead atoms. The summed E-state index contributed by atoms with van der Waals surface area (Å²) in [4.78, 5) is 25.0. The zero-order valence-electron chi connectivity index (χ0n) is 16.9. The first-order chi connectivity index (χ1) is 15.5. The average Bonchev–Trinajstić information content (AvgIpc) is 3.45. The molecule has 0 atom stereocenters. The molecule has 1 aliphatic heterocycles. The maximum Gasteiger partial charge on any atom is 0.261 e. The van der Waals surface area contributed by atoms with E-state index in [4.69, 9.17) is 22.1 Å². The van der Waals surface area contributed by atoms with Gasteiger partial charge in [0, 0.05) is 31.1 Å². The molecule has 1 amide bonds. The normalized spacial score (nSPS) is 12.9. The van der Waals surface area contributed by atoms with Crippen LogP contribution in [-0.4, -0.2) is 30.2 Å². The summed E-state index contributed by atoms with van der Waals surface area (Å²) in [6, 6.07) is 13.8. The molecular formula is C21H21ClN6O3S. The van der Waals surface area contributed by atoms with Gasteiger partial charge in [-0.2, -0.15) is 0 Å². The number of nitrogens with zero attached hydrogens (tertiary/aromatic N) is 2. The first-order valence-corrected chi connectivity index (χ1v) is 10.9. The molecule has 1 aliphatic rings.